The molecule has 0 aliphatic heterocycles. The molecule has 0 atom stereocenters. The maximum absolute atomic E-state index is 8.74. The van der Waals surface area contributed by atoms with Crippen LogP contribution in [0.3, 0.4) is 0 Å². The van der Waals surface area contributed by atoms with E-state index >= 15 is 0 Å². The van der Waals surface area contributed by atoms with Gasteiger partial charge in [-0.3, -0.25) is 0 Å². The summed E-state index contributed by atoms with van der Waals surface area (Å²) < 4.78 is 0. The number of nitrogens with one attached hydrogen (secondary N) is 1. The highest BCUT2D eigenvalue weighted by Crippen LogP contribution is 2.24. The molecule has 4 heteroatoms. The van der Waals surface area contributed by atoms with E-state index in [0.717, 1.165) is 35.0 Å². The quantitative estimate of drug-likeness (QED) is 0.653. The summed E-state index contributed by atoms with van der Waals surface area (Å²) in [6, 6.07) is 6.34. The highest BCUT2D eigenvalue weighted by Gasteiger charge is 2.07. The van der Waals surface area contributed by atoms with Crippen molar-refractivity contribution in [2.75, 3.05) is 13.2 Å². The fourth-order valence-electron chi connectivity index (χ4n) is 2.22. The standard InChI is InChI=1S/C15H19ClN2O/c1-10-6-11(2)14-12(7-10)8-13(15(16)18-14)9-17-4-3-5-19/h6-8,17,19H,3-5,9H2,1-2H3. The normalized spacial score (nSPS) is 11.2. The number of fused-ring (bicyclic) bond motifs is 1. The zero-order chi connectivity index (χ0) is 13.8. The Hall–Kier alpha value is -1.16. The molecular weight excluding hydrogens is 260 g/mol. The fourth-order valence-corrected chi connectivity index (χ4v) is 2.43. The van der Waals surface area contributed by atoms with E-state index in [-0.39, 0.29) is 6.61 Å². The van der Waals surface area contributed by atoms with Gasteiger partial charge in [-0.05, 0) is 44.5 Å². The third kappa shape index (κ3) is 3.44. The second-order valence-electron chi connectivity index (χ2n) is 4.85. The third-order valence-corrected chi connectivity index (χ3v) is 3.43. The summed E-state index contributed by atoms with van der Waals surface area (Å²) in [5, 5.41) is 13.7. The van der Waals surface area contributed by atoms with Gasteiger partial charge >= 0.3 is 0 Å². The lowest BCUT2D eigenvalue weighted by atomic mass is 10.1. The molecule has 102 valence electrons. The first-order valence-corrected chi connectivity index (χ1v) is 6.87. The molecule has 19 heavy (non-hydrogen) atoms. The molecule has 1 aromatic carbocycles. The Morgan fingerprint density at radius 2 is 2.05 bits per heavy atom. The number of benzene rings is 1. The molecule has 2 aromatic rings. The molecule has 2 rings (SSSR count). The van der Waals surface area contributed by atoms with Crippen LogP contribution in [0.15, 0.2) is 18.2 Å². The molecule has 0 spiro atoms. The third-order valence-electron chi connectivity index (χ3n) is 3.11. The zero-order valence-corrected chi connectivity index (χ0v) is 12.1. The molecule has 0 unspecified atom stereocenters. The number of pyridine rings is 1. The monoisotopic (exact) mass is 278 g/mol. The van der Waals surface area contributed by atoms with E-state index in [4.69, 9.17) is 16.7 Å². The van der Waals surface area contributed by atoms with Crippen LogP contribution in [0.1, 0.15) is 23.1 Å². The highest BCUT2D eigenvalue weighted by atomic mass is 35.5. The molecule has 0 aliphatic rings. The molecule has 3 nitrogen and oxygen atoms in total. The molecule has 1 heterocycles. The lowest BCUT2D eigenvalue weighted by Crippen LogP contribution is -2.16. The van der Waals surface area contributed by atoms with Gasteiger partial charge in [0.05, 0.1) is 5.52 Å². The number of rotatable bonds is 5. The fraction of sp³-hybridized carbons (Fsp3) is 0.400. The van der Waals surface area contributed by atoms with Gasteiger partial charge in [-0.15, -0.1) is 0 Å². The second-order valence-corrected chi connectivity index (χ2v) is 5.20. The van der Waals surface area contributed by atoms with Crippen LogP contribution >= 0.6 is 11.6 Å². The van der Waals surface area contributed by atoms with Crippen molar-refractivity contribution in [2.24, 2.45) is 0 Å². The van der Waals surface area contributed by atoms with Gasteiger partial charge in [-0.25, -0.2) is 4.98 Å². The van der Waals surface area contributed by atoms with Gasteiger partial charge < -0.3 is 10.4 Å². The van der Waals surface area contributed by atoms with Crippen LogP contribution in [-0.2, 0) is 6.54 Å². The SMILES string of the molecule is Cc1cc(C)c2nc(Cl)c(CNCCCO)cc2c1. The van der Waals surface area contributed by atoms with Crippen LogP contribution in [0.5, 0.6) is 0 Å². The van der Waals surface area contributed by atoms with Crippen molar-refractivity contribution in [3.63, 3.8) is 0 Å². The maximum Gasteiger partial charge on any atom is 0.134 e. The summed E-state index contributed by atoms with van der Waals surface area (Å²) in [7, 11) is 0. The Kier molecular flexibility index (Phi) is 4.75. The molecule has 2 N–H and O–H groups in total. The lowest BCUT2D eigenvalue weighted by molar-refractivity contribution is 0.286. The van der Waals surface area contributed by atoms with E-state index in [1.807, 2.05) is 0 Å². The van der Waals surface area contributed by atoms with Crippen LogP contribution in [0.2, 0.25) is 5.15 Å². The predicted octanol–water partition coefficient (Wildman–Crippen LogP) is 2.98. The summed E-state index contributed by atoms with van der Waals surface area (Å²) >= 11 is 6.23. The van der Waals surface area contributed by atoms with Crippen LogP contribution in [0.25, 0.3) is 10.9 Å². The first-order chi connectivity index (χ1) is 9.11. The van der Waals surface area contributed by atoms with Crippen LogP contribution < -0.4 is 5.32 Å². The minimum absolute atomic E-state index is 0.203. The molecular formula is C15H19ClN2O. The molecule has 0 saturated carbocycles. The minimum atomic E-state index is 0.203. The summed E-state index contributed by atoms with van der Waals surface area (Å²) in [6.07, 6.45) is 0.747. The van der Waals surface area contributed by atoms with Crippen molar-refractivity contribution < 1.29 is 5.11 Å². The zero-order valence-electron chi connectivity index (χ0n) is 11.3. The Morgan fingerprint density at radius 3 is 2.79 bits per heavy atom. The molecule has 0 radical (unpaired) electrons. The number of aromatic nitrogens is 1. The van der Waals surface area contributed by atoms with Crippen molar-refractivity contribution >= 4 is 22.5 Å². The molecule has 0 aliphatic carbocycles. The van der Waals surface area contributed by atoms with E-state index in [0.29, 0.717) is 11.7 Å². The largest absolute Gasteiger partial charge is 0.396 e. The Balaban J connectivity index is 2.27. The van der Waals surface area contributed by atoms with Crippen molar-refractivity contribution in [1.82, 2.24) is 10.3 Å². The maximum atomic E-state index is 8.74. The summed E-state index contributed by atoms with van der Waals surface area (Å²) in [6.45, 7) is 5.79. The molecule has 0 saturated heterocycles. The van der Waals surface area contributed by atoms with Crippen molar-refractivity contribution in [3.8, 4) is 0 Å². The summed E-state index contributed by atoms with van der Waals surface area (Å²) in [5.41, 5.74) is 4.34. The summed E-state index contributed by atoms with van der Waals surface area (Å²) in [5.74, 6) is 0. The number of hydrogen-bond acceptors (Lipinski definition) is 3. The van der Waals surface area contributed by atoms with E-state index in [1.165, 1.54) is 5.56 Å². The van der Waals surface area contributed by atoms with Gasteiger partial charge in [0.15, 0.2) is 0 Å². The number of halogens is 1. The van der Waals surface area contributed by atoms with E-state index < -0.39 is 0 Å². The van der Waals surface area contributed by atoms with Gasteiger partial charge in [0, 0.05) is 24.1 Å². The Morgan fingerprint density at radius 1 is 1.26 bits per heavy atom. The number of aliphatic hydroxyl groups is 1. The van der Waals surface area contributed by atoms with Gasteiger partial charge in [0.2, 0.25) is 0 Å². The smallest absolute Gasteiger partial charge is 0.134 e. The number of aliphatic hydroxyl groups excluding tert-OH is 1. The number of nitrogens with zero attached hydrogens (tertiary/aromatic N) is 1. The molecule has 0 fully saturated rings. The van der Waals surface area contributed by atoms with Crippen LogP contribution in [0.4, 0.5) is 0 Å². The average Bonchev–Trinajstić information content (AvgIpc) is 2.36. The van der Waals surface area contributed by atoms with Crippen molar-refractivity contribution in [1.29, 1.82) is 0 Å². The molecule has 0 amide bonds. The van der Waals surface area contributed by atoms with Gasteiger partial charge in [-0.1, -0.05) is 23.2 Å². The van der Waals surface area contributed by atoms with Gasteiger partial charge in [0.25, 0.3) is 0 Å². The molecule has 0 bridgehead atoms. The number of hydrogen-bond donors (Lipinski definition) is 2. The van der Waals surface area contributed by atoms with E-state index in [1.54, 1.807) is 0 Å². The number of aryl methyl sites for hydroxylation is 2. The summed E-state index contributed by atoms with van der Waals surface area (Å²) in [4.78, 5) is 4.49. The van der Waals surface area contributed by atoms with Crippen molar-refractivity contribution in [3.05, 3.63) is 40.0 Å². The lowest BCUT2D eigenvalue weighted by Gasteiger charge is -2.09. The first kappa shape index (κ1) is 14.3. The Bertz CT molecular complexity index is 584. The van der Waals surface area contributed by atoms with Crippen molar-refractivity contribution in [2.45, 2.75) is 26.8 Å². The topological polar surface area (TPSA) is 45.2 Å². The van der Waals surface area contributed by atoms with Gasteiger partial charge in [0.1, 0.15) is 5.15 Å². The average molecular weight is 279 g/mol. The van der Waals surface area contributed by atoms with E-state index in [9.17, 15) is 0 Å². The highest BCUT2D eigenvalue weighted by molar-refractivity contribution is 6.30. The van der Waals surface area contributed by atoms with Crippen LogP contribution in [-0.4, -0.2) is 23.2 Å². The Labute approximate surface area is 118 Å². The first-order valence-electron chi connectivity index (χ1n) is 6.50. The van der Waals surface area contributed by atoms with Crippen LogP contribution in [0, 0.1) is 13.8 Å². The second kappa shape index (κ2) is 6.33. The molecule has 1 aromatic heterocycles. The van der Waals surface area contributed by atoms with E-state index in [2.05, 4.69) is 42.3 Å². The van der Waals surface area contributed by atoms with Gasteiger partial charge in [-0.2, -0.15) is 0 Å². The minimum Gasteiger partial charge on any atom is -0.396 e. The predicted molar refractivity (Wildman–Crippen MR) is 79.6 cm³/mol.